The Morgan fingerprint density at radius 3 is 2.33 bits per heavy atom. The number of ketones is 1. The summed E-state index contributed by atoms with van der Waals surface area (Å²) in [7, 11) is 0. The van der Waals surface area contributed by atoms with Crippen LogP contribution in [0.15, 0.2) is 6.07 Å². The summed E-state index contributed by atoms with van der Waals surface area (Å²) in [6, 6.07) is 1.63. The van der Waals surface area contributed by atoms with E-state index in [1.807, 2.05) is 0 Å². The van der Waals surface area contributed by atoms with Crippen molar-refractivity contribution in [2.24, 2.45) is 0 Å². The van der Waals surface area contributed by atoms with E-state index >= 15 is 0 Å². The summed E-state index contributed by atoms with van der Waals surface area (Å²) in [4.78, 5) is 24.7. The number of ether oxygens (including phenoxy) is 1. The van der Waals surface area contributed by atoms with Gasteiger partial charge in [-0.1, -0.05) is 0 Å². The molecule has 0 amide bonds. The fourth-order valence-electron chi connectivity index (χ4n) is 1.56. The molecule has 0 saturated heterocycles. The minimum Gasteiger partial charge on any atom is -0.457 e. The Bertz CT molecular complexity index is 546. The number of thiophene rings is 1. The quantitative estimate of drug-likeness (QED) is 0.668. The van der Waals surface area contributed by atoms with E-state index in [1.54, 1.807) is 19.9 Å². The Morgan fingerprint density at radius 1 is 1.33 bits per heavy atom. The third-order valence-electron chi connectivity index (χ3n) is 2.80. The molecular weight excluding hydrogens is 309 g/mol. The summed E-state index contributed by atoms with van der Waals surface area (Å²) in [5.74, 6) is -1.77. The number of alkyl halides is 3. The van der Waals surface area contributed by atoms with Crippen LogP contribution in [-0.2, 0) is 9.53 Å². The monoisotopic (exact) mass is 324 g/mol. The molecule has 1 atom stereocenters. The summed E-state index contributed by atoms with van der Waals surface area (Å²) in [5, 5.41) is 9.14. The smallest absolute Gasteiger partial charge is 0.417 e. The van der Waals surface area contributed by atoms with Crippen molar-refractivity contribution >= 4 is 23.1 Å². The van der Waals surface area contributed by atoms with E-state index < -0.39 is 36.6 Å². The van der Waals surface area contributed by atoms with Crippen molar-refractivity contribution in [2.45, 2.75) is 39.0 Å². The first-order valence-corrected chi connectivity index (χ1v) is 6.80. The molecule has 1 heterocycles. The Morgan fingerprint density at radius 2 is 1.90 bits per heavy atom. The molecule has 1 N–H and O–H groups in total. The molecule has 21 heavy (non-hydrogen) atoms. The van der Waals surface area contributed by atoms with Crippen molar-refractivity contribution in [3.63, 3.8) is 0 Å². The van der Waals surface area contributed by atoms with Crippen molar-refractivity contribution < 1.29 is 32.6 Å². The number of halogens is 3. The van der Waals surface area contributed by atoms with Crippen LogP contribution in [-0.4, -0.2) is 35.2 Å². The number of hydrogen-bond donors (Lipinski definition) is 1. The van der Waals surface area contributed by atoms with Crippen LogP contribution >= 0.6 is 11.3 Å². The predicted molar refractivity (Wildman–Crippen MR) is 70.4 cm³/mol. The minimum absolute atomic E-state index is 0.382. The average molecular weight is 324 g/mol. The van der Waals surface area contributed by atoms with Crippen LogP contribution in [0.3, 0.4) is 0 Å². The Balaban J connectivity index is 2.58. The highest BCUT2D eigenvalue weighted by Gasteiger charge is 2.51. The van der Waals surface area contributed by atoms with Gasteiger partial charge in [0, 0.05) is 15.3 Å². The second kappa shape index (κ2) is 6.15. The van der Waals surface area contributed by atoms with Gasteiger partial charge in [-0.15, -0.1) is 11.3 Å². The third kappa shape index (κ3) is 4.53. The van der Waals surface area contributed by atoms with Crippen LogP contribution in [0.4, 0.5) is 13.2 Å². The second-order valence-corrected chi connectivity index (χ2v) is 6.32. The molecule has 1 rings (SSSR count). The van der Waals surface area contributed by atoms with Gasteiger partial charge in [-0.3, -0.25) is 9.59 Å². The highest BCUT2D eigenvalue weighted by molar-refractivity contribution is 7.12. The summed E-state index contributed by atoms with van der Waals surface area (Å²) in [5.41, 5.74) is -2.80. The summed E-state index contributed by atoms with van der Waals surface area (Å²) >= 11 is 1.40. The van der Waals surface area contributed by atoms with E-state index in [-0.39, 0.29) is 0 Å². The van der Waals surface area contributed by atoms with Crippen LogP contribution < -0.4 is 0 Å². The summed E-state index contributed by atoms with van der Waals surface area (Å²) in [6.07, 6.45) is -6.21. The van der Waals surface area contributed by atoms with Gasteiger partial charge in [0.15, 0.2) is 12.2 Å². The van der Waals surface area contributed by atoms with Crippen molar-refractivity contribution in [2.75, 3.05) is 6.61 Å². The largest absolute Gasteiger partial charge is 0.457 e. The maximum atomic E-state index is 12.4. The fraction of sp³-hybridized carbons (Fsp3) is 0.538. The minimum atomic E-state index is -4.95. The number of carbonyl (C=O) groups excluding carboxylic acids is 2. The van der Waals surface area contributed by atoms with Crippen molar-refractivity contribution in [3.05, 3.63) is 21.4 Å². The summed E-state index contributed by atoms with van der Waals surface area (Å²) in [6.45, 7) is 3.36. The first kappa shape index (κ1) is 17.6. The van der Waals surface area contributed by atoms with Gasteiger partial charge < -0.3 is 9.84 Å². The number of esters is 1. The number of aryl methyl sites for hydroxylation is 2. The number of carbonyl (C=O) groups is 2. The molecule has 0 fully saturated rings. The van der Waals surface area contributed by atoms with Crippen LogP contribution in [0.1, 0.15) is 33.5 Å². The van der Waals surface area contributed by atoms with Gasteiger partial charge in [-0.2, -0.15) is 13.2 Å². The van der Waals surface area contributed by atoms with Crippen molar-refractivity contribution in [1.82, 2.24) is 0 Å². The Hall–Kier alpha value is -1.41. The lowest BCUT2D eigenvalue weighted by Gasteiger charge is -2.24. The molecule has 118 valence electrons. The first-order chi connectivity index (χ1) is 9.44. The molecule has 0 aliphatic carbocycles. The SMILES string of the molecule is Cc1cc(C(=O)COC(=O)C[C@@](C)(O)C(F)(F)F)c(C)s1. The van der Waals surface area contributed by atoms with Crippen LogP contribution in [0.25, 0.3) is 0 Å². The molecule has 0 aliphatic heterocycles. The molecule has 8 heteroatoms. The molecule has 0 bridgehead atoms. The normalized spacial score (nSPS) is 14.6. The first-order valence-electron chi connectivity index (χ1n) is 5.99. The Kier molecular flexibility index (Phi) is 5.16. The third-order valence-corrected chi connectivity index (χ3v) is 3.77. The molecule has 0 radical (unpaired) electrons. The molecule has 1 aromatic heterocycles. The van der Waals surface area contributed by atoms with Gasteiger partial charge >= 0.3 is 12.1 Å². The van der Waals surface area contributed by atoms with Gasteiger partial charge in [-0.25, -0.2) is 0 Å². The molecule has 0 spiro atoms. The summed E-state index contributed by atoms with van der Waals surface area (Å²) < 4.78 is 41.7. The Labute approximate surface area is 123 Å². The van der Waals surface area contributed by atoms with E-state index in [2.05, 4.69) is 4.74 Å². The van der Waals surface area contributed by atoms with E-state index in [9.17, 15) is 22.8 Å². The zero-order valence-corrected chi connectivity index (χ0v) is 12.5. The zero-order chi connectivity index (χ0) is 16.4. The lowest BCUT2D eigenvalue weighted by atomic mass is 10.0. The molecular formula is C13H15F3O4S. The van der Waals surface area contributed by atoms with Gasteiger partial charge in [-0.05, 0) is 26.8 Å². The fourth-order valence-corrected chi connectivity index (χ4v) is 2.51. The molecule has 4 nitrogen and oxygen atoms in total. The maximum absolute atomic E-state index is 12.4. The second-order valence-electron chi connectivity index (χ2n) is 4.86. The van der Waals surface area contributed by atoms with Crippen molar-refractivity contribution in [1.29, 1.82) is 0 Å². The zero-order valence-electron chi connectivity index (χ0n) is 11.7. The maximum Gasteiger partial charge on any atom is 0.417 e. The highest BCUT2D eigenvalue weighted by Crippen LogP contribution is 2.32. The molecule has 0 aromatic carbocycles. The molecule has 0 unspecified atom stereocenters. The van der Waals surface area contributed by atoms with Crippen LogP contribution in [0.2, 0.25) is 0 Å². The topological polar surface area (TPSA) is 63.6 Å². The van der Waals surface area contributed by atoms with Gasteiger partial charge in [0.05, 0.1) is 6.42 Å². The van der Waals surface area contributed by atoms with E-state index in [0.29, 0.717) is 12.5 Å². The molecule has 1 aromatic rings. The predicted octanol–water partition coefficient (Wildman–Crippen LogP) is 2.79. The standard InChI is InChI=1S/C13H15F3O4S/c1-7-4-9(8(2)21-7)10(17)6-20-11(18)5-12(3,19)13(14,15)16/h4,19H,5-6H2,1-3H3/t12-/m1/s1. The van der Waals surface area contributed by atoms with Crippen molar-refractivity contribution in [3.8, 4) is 0 Å². The lowest BCUT2D eigenvalue weighted by Crippen LogP contribution is -2.44. The highest BCUT2D eigenvalue weighted by atomic mass is 32.1. The molecule has 0 saturated carbocycles. The van der Waals surface area contributed by atoms with Crippen LogP contribution in [0, 0.1) is 13.8 Å². The van der Waals surface area contributed by atoms with Gasteiger partial charge in [0.25, 0.3) is 0 Å². The number of hydrogen-bond acceptors (Lipinski definition) is 5. The number of aliphatic hydroxyl groups is 1. The lowest BCUT2D eigenvalue weighted by molar-refractivity contribution is -0.255. The average Bonchev–Trinajstić information content (AvgIpc) is 2.63. The van der Waals surface area contributed by atoms with Gasteiger partial charge in [0.2, 0.25) is 5.78 Å². The number of rotatable bonds is 5. The van der Waals surface area contributed by atoms with Crippen LogP contribution in [0.5, 0.6) is 0 Å². The number of Topliss-reactive ketones (excluding diaryl/α,β-unsaturated/α-hetero) is 1. The van der Waals surface area contributed by atoms with E-state index in [1.165, 1.54) is 11.3 Å². The van der Waals surface area contributed by atoms with E-state index in [0.717, 1.165) is 9.75 Å². The van der Waals surface area contributed by atoms with Gasteiger partial charge in [0.1, 0.15) is 0 Å². The van der Waals surface area contributed by atoms with E-state index in [4.69, 9.17) is 5.11 Å². The molecule has 0 aliphatic rings.